The summed E-state index contributed by atoms with van der Waals surface area (Å²) in [5, 5.41) is 10.4. The average molecular weight is 222 g/mol. The lowest BCUT2D eigenvalue weighted by atomic mass is 10.2. The van der Waals surface area contributed by atoms with Gasteiger partial charge < -0.3 is 10.5 Å². The molecule has 1 rings (SSSR count). The van der Waals surface area contributed by atoms with E-state index in [2.05, 4.69) is 4.74 Å². The predicted molar refractivity (Wildman–Crippen MR) is 44.2 cm³/mol. The molecule has 15 heavy (non-hydrogen) atoms. The normalized spacial score (nSPS) is 11.1. The van der Waals surface area contributed by atoms with Crippen molar-refractivity contribution in [3.05, 3.63) is 28.3 Å². The first-order chi connectivity index (χ1) is 6.81. The number of ether oxygens (including phenoxy) is 1. The van der Waals surface area contributed by atoms with Gasteiger partial charge in [-0.2, -0.15) is 0 Å². The lowest BCUT2D eigenvalue weighted by molar-refractivity contribution is -0.387. The van der Waals surface area contributed by atoms with Crippen molar-refractivity contribution in [2.75, 3.05) is 5.73 Å². The summed E-state index contributed by atoms with van der Waals surface area (Å²) in [6.07, 6.45) is -4.99. The minimum atomic E-state index is -4.99. The fraction of sp³-hybridized carbons (Fsp3) is 0.143. The van der Waals surface area contributed by atoms with Crippen LogP contribution in [0.3, 0.4) is 0 Å². The quantitative estimate of drug-likeness (QED) is 0.472. The number of nitrogen functional groups attached to an aromatic ring is 1. The lowest BCUT2D eigenvalue weighted by Gasteiger charge is -2.09. The van der Waals surface area contributed by atoms with E-state index in [-0.39, 0.29) is 5.69 Å². The average Bonchev–Trinajstić information content (AvgIpc) is 1.99. The van der Waals surface area contributed by atoms with Crippen molar-refractivity contribution in [2.45, 2.75) is 6.36 Å². The van der Waals surface area contributed by atoms with Gasteiger partial charge in [-0.15, -0.1) is 13.2 Å². The molecule has 0 aliphatic heterocycles. The third-order valence-corrected chi connectivity index (χ3v) is 1.44. The van der Waals surface area contributed by atoms with E-state index in [4.69, 9.17) is 5.73 Å². The van der Waals surface area contributed by atoms with Crippen LogP contribution in [-0.4, -0.2) is 11.3 Å². The highest BCUT2D eigenvalue weighted by Gasteiger charge is 2.35. The second kappa shape index (κ2) is 3.64. The topological polar surface area (TPSA) is 78.4 Å². The molecule has 0 aliphatic rings. The highest BCUT2D eigenvalue weighted by Crippen LogP contribution is 2.35. The first kappa shape index (κ1) is 11.1. The fourth-order valence-corrected chi connectivity index (χ4v) is 0.942. The van der Waals surface area contributed by atoms with E-state index in [1.165, 1.54) is 0 Å². The number of nitrogens with two attached hydrogens (primary N) is 1. The monoisotopic (exact) mass is 222 g/mol. The minimum absolute atomic E-state index is 0.387. The first-order valence-electron chi connectivity index (χ1n) is 3.60. The van der Waals surface area contributed by atoms with Crippen LogP contribution >= 0.6 is 0 Å². The Balaban J connectivity index is 3.18. The molecule has 82 valence electrons. The molecular weight excluding hydrogens is 217 g/mol. The van der Waals surface area contributed by atoms with Crippen LogP contribution in [0, 0.1) is 10.1 Å². The zero-order valence-electron chi connectivity index (χ0n) is 7.12. The van der Waals surface area contributed by atoms with Gasteiger partial charge in [0.25, 0.3) is 0 Å². The summed E-state index contributed by atoms with van der Waals surface area (Å²) in [5.41, 5.74) is 3.87. The summed E-state index contributed by atoms with van der Waals surface area (Å²) in [6, 6.07) is 3.06. The molecule has 0 fully saturated rings. The molecule has 0 saturated heterocycles. The summed E-state index contributed by atoms with van der Waals surface area (Å²) >= 11 is 0. The van der Waals surface area contributed by atoms with Crippen LogP contribution in [0.15, 0.2) is 18.2 Å². The first-order valence-corrected chi connectivity index (χ1v) is 3.60. The molecule has 5 nitrogen and oxygen atoms in total. The standard InChI is InChI=1S/C7H5F3N2O3/c8-7(9,10)15-5-3-1-2-4(11)6(5)12(13)14/h1-3H,11H2. The third kappa shape index (κ3) is 2.73. The van der Waals surface area contributed by atoms with E-state index in [9.17, 15) is 23.3 Å². The molecule has 0 saturated carbocycles. The molecule has 0 bridgehead atoms. The zero-order valence-corrected chi connectivity index (χ0v) is 7.12. The van der Waals surface area contributed by atoms with Crippen molar-refractivity contribution >= 4 is 11.4 Å². The number of nitro benzene ring substituents is 1. The summed E-state index contributed by atoms with van der Waals surface area (Å²) in [6.45, 7) is 0. The van der Waals surface area contributed by atoms with Crippen LogP contribution in [0.2, 0.25) is 0 Å². The number of nitrogens with zero attached hydrogens (tertiary/aromatic N) is 1. The van der Waals surface area contributed by atoms with Gasteiger partial charge in [0.05, 0.1) is 4.92 Å². The number of rotatable bonds is 2. The predicted octanol–water partition coefficient (Wildman–Crippen LogP) is 2.08. The van der Waals surface area contributed by atoms with Crippen LogP contribution in [0.25, 0.3) is 0 Å². The second-order valence-corrected chi connectivity index (χ2v) is 2.50. The van der Waals surface area contributed by atoms with Crippen molar-refractivity contribution in [1.29, 1.82) is 0 Å². The number of nitro groups is 1. The number of para-hydroxylation sites is 1. The number of hydrogen-bond acceptors (Lipinski definition) is 4. The molecule has 0 aromatic heterocycles. The molecule has 0 unspecified atom stereocenters. The molecule has 0 amide bonds. The maximum absolute atomic E-state index is 11.8. The van der Waals surface area contributed by atoms with E-state index in [0.717, 1.165) is 18.2 Å². The van der Waals surface area contributed by atoms with E-state index in [0.29, 0.717) is 0 Å². The maximum atomic E-state index is 11.8. The Bertz CT molecular complexity index is 392. The maximum Gasteiger partial charge on any atom is 0.573 e. The molecule has 1 aromatic rings. The minimum Gasteiger partial charge on any atom is -0.398 e. The number of hydrogen-bond donors (Lipinski definition) is 1. The molecule has 1 aromatic carbocycles. The van der Waals surface area contributed by atoms with Gasteiger partial charge >= 0.3 is 12.0 Å². The molecule has 0 atom stereocenters. The van der Waals surface area contributed by atoms with Gasteiger partial charge in [-0.1, -0.05) is 6.07 Å². The lowest BCUT2D eigenvalue weighted by Crippen LogP contribution is -2.18. The molecule has 0 spiro atoms. The SMILES string of the molecule is Nc1cccc(OC(F)(F)F)c1[N+](=O)[O-]. The zero-order chi connectivity index (χ0) is 11.6. The third-order valence-electron chi connectivity index (χ3n) is 1.44. The molecule has 8 heteroatoms. The van der Waals surface area contributed by atoms with Gasteiger partial charge in [-0.3, -0.25) is 10.1 Å². The largest absolute Gasteiger partial charge is 0.573 e. The summed E-state index contributed by atoms with van der Waals surface area (Å²) in [5.74, 6) is -0.924. The second-order valence-electron chi connectivity index (χ2n) is 2.50. The molecule has 0 radical (unpaired) electrons. The fourth-order valence-electron chi connectivity index (χ4n) is 0.942. The van der Waals surface area contributed by atoms with Crippen LogP contribution < -0.4 is 10.5 Å². The highest BCUT2D eigenvalue weighted by molar-refractivity contribution is 5.65. The van der Waals surface area contributed by atoms with Crippen LogP contribution in [0.5, 0.6) is 5.75 Å². The van der Waals surface area contributed by atoms with Crippen LogP contribution in [0.4, 0.5) is 24.5 Å². The highest BCUT2D eigenvalue weighted by atomic mass is 19.4. The Morgan fingerprint density at radius 1 is 1.40 bits per heavy atom. The van der Waals surface area contributed by atoms with Crippen LogP contribution in [0.1, 0.15) is 0 Å². The van der Waals surface area contributed by atoms with Crippen molar-refractivity contribution in [3.63, 3.8) is 0 Å². The van der Waals surface area contributed by atoms with E-state index in [1.807, 2.05) is 0 Å². The van der Waals surface area contributed by atoms with Crippen LogP contribution in [-0.2, 0) is 0 Å². The van der Waals surface area contributed by atoms with E-state index < -0.39 is 22.7 Å². The Morgan fingerprint density at radius 3 is 2.47 bits per heavy atom. The van der Waals surface area contributed by atoms with Crippen molar-refractivity contribution in [2.24, 2.45) is 0 Å². The van der Waals surface area contributed by atoms with Gasteiger partial charge in [-0.05, 0) is 12.1 Å². The van der Waals surface area contributed by atoms with E-state index in [1.54, 1.807) is 0 Å². The van der Waals surface area contributed by atoms with Crippen molar-refractivity contribution in [3.8, 4) is 5.75 Å². The summed E-state index contributed by atoms with van der Waals surface area (Å²) in [4.78, 5) is 9.38. The number of benzene rings is 1. The molecular formula is C7H5F3N2O3. The number of halogens is 3. The Kier molecular flexibility index (Phi) is 2.69. The molecule has 2 N–H and O–H groups in total. The van der Waals surface area contributed by atoms with Crippen molar-refractivity contribution < 1.29 is 22.8 Å². The van der Waals surface area contributed by atoms with Gasteiger partial charge in [0.15, 0.2) is 0 Å². The molecule has 0 heterocycles. The van der Waals surface area contributed by atoms with Gasteiger partial charge in [-0.25, -0.2) is 0 Å². The van der Waals surface area contributed by atoms with Crippen molar-refractivity contribution in [1.82, 2.24) is 0 Å². The smallest absolute Gasteiger partial charge is 0.398 e. The molecule has 0 aliphatic carbocycles. The number of anilines is 1. The summed E-state index contributed by atoms with van der Waals surface area (Å²) in [7, 11) is 0. The van der Waals surface area contributed by atoms with Gasteiger partial charge in [0.1, 0.15) is 5.69 Å². The van der Waals surface area contributed by atoms with Gasteiger partial charge in [0, 0.05) is 0 Å². The van der Waals surface area contributed by atoms with E-state index >= 15 is 0 Å². The van der Waals surface area contributed by atoms with Gasteiger partial charge in [0.2, 0.25) is 5.75 Å². The number of alkyl halides is 3. The Labute approximate surface area is 81.4 Å². The summed E-state index contributed by atoms with van der Waals surface area (Å²) < 4.78 is 38.9. The Hall–Kier alpha value is -1.99. The Morgan fingerprint density at radius 2 is 2.00 bits per heavy atom.